The van der Waals surface area contributed by atoms with E-state index in [0.717, 1.165) is 30.0 Å². The Morgan fingerprint density at radius 1 is 1.11 bits per heavy atom. The molecule has 28 heavy (non-hydrogen) atoms. The van der Waals surface area contributed by atoms with Crippen LogP contribution in [-0.4, -0.2) is 70.1 Å². The molecule has 2 fully saturated rings. The van der Waals surface area contributed by atoms with Crippen molar-refractivity contribution < 1.29 is 14.3 Å². The summed E-state index contributed by atoms with van der Waals surface area (Å²) in [7, 11) is 0. The molecule has 0 spiro atoms. The number of ether oxygens (including phenoxy) is 1. The van der Waals surface area contributed by atoms with E-state index < -0.39 is 0 Å². The normalized spacial score (nSPS) is 19.9. The molecule has 0 aromatic carbocycles. The van der Waals surface area contributed by atoms with Gasteiger partial charge in [-0.1, -0.05) is 6.07 Å². The molecule has 148 valence electrons. The lowest BCUT2D eigenvalue weighted by molar-refractivity contribution is -0.142. The summed E-state index contributed by atoms with van der Waals surface area (Å²) in [5.74, 6) is 0.890. The third kappa shape index (κ3) is 3.42. The van der Waals surface area contributed by atoms with Gasteiger partial charge in [0.15, 0.2) is 0 Å². The van der Waals surface area contributed by atoms with Crippen molar-refractivity contribution in [1.29, 1.82) is 0 Å². The summed E-state index contributed by atoms with van der Waals surface area (Å²) in [6, 6.07) is 7.67. The van der Waals surface area contributed by atoms with Crippen LogP contribution in [0.25, 0.3) is 5.82 Å². The second kappa shape index (κ2) is 7.75. The second-order valence-electron chi connectivity index (χ2n) is 7.43. The first kappa shape index (κ1) is 18.7. The molecule has 1 atom stereocenters. The molecule has 2 amide bonds. The molecule has 2 aliphatic rings. The highest BCUT2D eigenvalue weighted by Gasteiger charge is 2.32. The highest BCUT2D eigenvalue weighted by Crippen LogP contribution is 2.22. The van der Waals surface area contributed by atoms with Crippen LogP contribution < -0.4 is 0 Å². The molecule has 0 aliphatic carbocycles. The van der Waals surface area contributed by atoms with Crippen LogP contribution in [0.2, 0.25) is 0 Å². The van der Waals surface area contributed by atoms with Crippen LogP contribution in [0, 0.1) is 13.8 Å². The van der Waals surface area contributed by atoms with Gasteiger partial charge in [-0.2, -0.15) is 0 Å². The van der Waals surface area contributed by atoms with Crippen LogP contribution in [0.15, 0.2) is 30.5 Å². The van der Waals surface area contributed by atoms with E-state index in [-0.39, 0.29) is 17.9 Å². The summed E-state index contributed by atoms with van der Waals surface area (Å²) in [5, 5.41) is 0. The van der Waals surface area contributed by atoms with Gasteiger partial charge < -0.3 is 19.1 Å². The number of amides is 2. The quantitative estimate of drug-likeness (QED) is 0.814. The summed E-state index contributed by atoms with van der Waals surface area (Å²) < 4.78 is 7.51. The Morgan fingerprint density at radius 2 is 1.86 bits per heavy atom. The fourth-order valence-electron chi connectivity index (χ4n) is 4.09. The Bertz CT molecular complexity index is 863. The van der Waals surface area contributed by atoms with Gasteiger partial charge in [-0.25, -0.2) is 4.98 Å². The van der Waals surface area contributed by atoms with Gasteiger partial charge in [0.2, 0.25) is 0 Å². The molecule has 0 saturated carbocycles. The molecule has 2 saturated heterocycles. The molecule has 7 heteroatoms. The predicted octanol–water partition coefficient (Wildman–Crippen LogP) is 1.95. The van der Waals surface area contributed by atoms with Crippen LogP contribution in [0.4, 0.5) is 0 Å². The van der Waals surface area contributed by atoms with Crippen molar-refractivity contribution in [3.05, 3.63) is 47.4 Å². The Hall–Kier alpha value is -2.67. The van der Waals surface area contributed by atoms with Crippen LogP contribution in [0.3, 0.4) is 0 Å². The van der Waals surface area contributed by atoms with Crippen LogP contribution >= 0.6 is 0 Å². The van der Waals surface area contributed by atoms with Gasteiger partial charge in [0.1, 0.15) is 11.9 Å². The molecule has 0 N–H and O–H groups in total. The molecular formula is C21H26N4O3. The first-order chi connectivity index (χ1) is 13.6. The van der Waals surface area contributed by atoms with E-state index in [4.69, 9.17) is 4.74 Å². The average molecular weight is 382 g/mol. The number of rotatable bonds is 3. The van der Waals surface area contributed by atoms with Crippen molar-refractivity contribution in [3.63, 3.8) is 0 Å². The summed E-state index contributed by atoms with van der Waals surface area (Å²) in [6.07, 6.45) is 3.21. The minimum Gasteiger partial charge on any atom is -0.368 e. The SMILES string of the molecule is Cc1cc(C(=O)N2CCN(C(=O)C3CCCO3)CC2)c(C)n1-c1ccccn1. The lowest BCUT2D eigenvalue weighted by atomic mass is 10.1. The molecule has 0 bridgehead atoms. The smallest absolute Gasteiger partial charge is 0.255 e. The second-order valence-corrected chi connectivity index (χ2v) is 7.43. The summed E-state index contributed by atoms with van der Waals surface area (Å²) in [4.78, 5) is 33.7. The van der Waals surface area contributed by atoms with E-state index in [2.05, 4.69) is 4.98 Å². The number of piperazine rings is 1. The first-order valence-corrected chi connectivity index (χ1v) is 9.86. The Labute approximate surface area is 164 Å². The van der Waals surface area contributed by atoms with Gasteiger partial charge in [-0.15, -0.1) is 0 Å². The van der Waals surface area contributed by atoms with Gasteiger partial charge in [0.05, 0.1) is 5.56 Å². The van der Waals surface area contributed by atoms with Gasteiger partial charge >= 0.3 is 0 Å². The highest BCUT2D eigenvalue weighted by molar-refractivity contribution is 5.96. The Kier molecular flexibility index (Phi) is 5.17. The van der Waals surface area contributed by atoms with E-state index in [1.165, 1.54) is 0 Å². The van der Waals surface area contributed by atoms with Gasteiger partial charge in [0.25, 0.3) is 11.8 Å². The number of hydrogen-bond donors (Lipinski definition) is 0. The third-order valence-corrected chi connectivity index (χ3v) is 5.62. The molecular weight excluding hydrogens is 356 g/mol. The van der Waals surface area contributed by atoms with Crippen molar-refractivity contribution in [1.82, 2.24) is 19.4 Å². The number of carbonyl (C=O) groups excluding carboxylic acids is 2. The Morgan fingerprint density at radius 3 is 2.50 bits per heavy atom. The van der Waals surface area contributed by atoms with Crippen molar-refractivity contribution in [2.45, 2.75) is 32.8 Å². The number of aryl methyl sites for hydroxylation is 1. The van der Waals surface area contributed by atoms with Crippen LogP contribution in [0.1, 0.15) is 34.6 Å². The number of hydrogen-bond acceptors (Lipinski definition) is 4. The number of carbonyl (C=O) groups is 2. The minimum atomic E-state index is -0.292. The van der Waals surface area contributed by atoms with Crippen LogP contribution in [-0.2, 0) is 9.53 Å². The summed E-state index contributed by atoms with van der Waals surface area (Å²) in [5.41, 5.74) is 2.56. The summed E-state index contributed by atoms with van der Waals surface area (Å²) in [6.45, 7) is 6.81. The Balaban J connectivity index is 1.45. The van der Waals surface area contributed by atoms with Gasteiger partial charge in [-0.3, -0.25) is 9.59 Å². The lowest BCUT2D eigenvalue weighted by Crippen LogP contribution is -2.52. The van der Waals surface area contributed by atoms with E-state index in [0.29, 0.717) is 38.3 Å². The van der Waals surface area contributed by atoms with Crippen molar-refractivity contribution in [2.24, 2.45) is 0 Å². The number of aromatic nitrogens is 2. The first-order valence-electron chi connectivity index (χ1n) is 9.86. The van der Waals surface area contributed by atoms with E-state index in [9.17, 15) is 9.59 Å². The zero-order valence-corrected chi connectivity index (χ0v) is 16.4. The zero-order valence-electron chi connectivity index (χ0n) is 16.4. The van der Waals surface area contributed by atoms with Crippen LogP contribution in [0.5, 0.6) is 0 Å². The third-order valence-electron chi connectivity index (χ3n) is 5.62. The van der Waals surface area contributed by atoms with E-state index >= 15 is 0 Å². The number of nitrogens with zero attached hydrogens (tertiary/aromatic N) is 4. The molecule has 2 aromatic rings. The van der Waals surface area contributed by atoms with Gasteiger partial charge in [0, 0.05) is 50.4 Å². The fourth-order valence-corrected chi connectivity index (χ4v) is 4.09. The zero-order chi connectivity index (χ0) is 19.7. The van der Waals surface area contributed by atoms with Crippen molar-refractivity contribution >= 4 is 11.8 Å². The molecule has 2 aliphatic heterocycles. The maximum atomic E-state index is 13.1. The predicted molar refractivity (Wildman–Crippen MR) is 104 cm³/mol. The monoisotopic (exact) mass is 382 g/mol. The van der Waals surface area contributed by atoms with E-state index in [1.807, 2.05) is 52.5 Å². The molecule has 7 nitrogen and oxygen atoms in total. The highest BCUT2D eigenvalue weighted by atomic mass is 16.5. The molecule has 2 aromatic heterocycles. The standard InChI is InChI=1S/C21H26N4O3/c1-15-14-17(16(2)25(15)19-7-3-4-8-22-19)20(26)23-9-11-24(12-10-23)21(27)18-6-5-13-28-18/h3-4,7-8,14,18H,5-6,9-13H2,1-2H3. The largest absolute Gasteiger partial charge is 0.368 e. The number of pyridine rings is 1. The molecule has 1 unspecified atom stereocenters. The fraction of sp³-hybridized carbons (Fsp3) is 0.476. The molecule has 4 rings (SSSR count). The summed E-state index contributed by atoms with van der Waals surface area (Å²) >= 11 is 0. The maximum absolute atomic E-state index is 13.1. The average Bonchev–Trinajstić information content (AvgIpc) is 3.36. The molecule has 4 heterocycles. The van der Waals surface area contributed by atoms with Crippen molar-refractivity contribution in [2.75, 3.05) is 32.8 Å². The van der Waals surface area contributed by atoms with E-state index in [1.54, 1.807) is 6.20 Å². The lowest BCUT2D eigenvalue weighted by Gasteiger charge is -2.35. The minimum absolute atomic E-state index is 0.0134. The maximum Gasteiger partial charge on any atom is 0.255 e. The van der Waals surface area contributed by atoms with Crippen molar-refractivity contribution in [3.8, 4) is 5.82 Å². The molecule has 0 radical (unpaired) electrons. The van der Waals surface area contributed by atoms with Gasteiger partial charge in [-0.05, 0) is 44.9 Å². The topological polar surface area (TPSA) is 67.7 Å².